The van der Waals surface area contributed by atoms with Crippen LogP contribution in [-0.2, 0) is 24.2 Å². The number of amides is 1. The summed E-state index contributed by atoms with van der Waals surface area (Å²) in [7, 11) is 0. The predicted molar refractivity (Wildman–Crippen MR) is 119 cm³/mol. The van der Waals surface area contributed by atoms with E-state index in [4.69, 9.17) is 4.98 Å². The van der Waals surface area contributed by atoms with Crippen LogP contribution in [0.5, 0.6) is 0 Å². The molecule has 5 rings (SSSR count). The summed E-state index contributed by atoms with van der Waals surface area (Å²) in [6.45, 7) is 5.01. The fraction of sp³-hybridized carbons (Fsp3) is 0.478. The number of anilines is 1. The number of nitrogens with zero attached hydrogens (tertiary/aromatic N) is 4. The number of aryl methyl sites for hydroxylation is 1. The second-order valence-electron chi connectivity index (χ2n) is 8.77. The minimum atomic E-state index is -0.118. The summed E-state index contributed by atoms with van der Waals surface area (Å²) in [6, 6.07) is 7.85. The van der Waals surface area contributed by atoms with Crippen LogP contribution in [0.4, 0.5) is 5.95 Å². The molecule has 3 aromatic rings. The number of aromatic amines is 2. The topological polar surface area (TPSA) is 98.0 Å². The Morgan fingerprint density at radius 1 is 1.19 bits per heavy atom. The Bertz CT molecular complexity index is 1130. The number of benzene rings is 1. The quantitative estimate of drug-likeness (QED) is 0.675. The van der Waals surface area contributed by atoms with Crippen molar-refractivity contribution in [3.63, 3.8) is 0 Å². The molecule has 1 saturated heterocycles. The average molecular weight is 421 g/mol. The fourth-order valence-corrected chi connectivity index (χ4v) is 4.66. The Hall–Kier alpha value is -3.16. The second-order valence-corrected chi connectivity index (χ2v) is 8.77. The number of H-pyrrole nitrogens is 2. The van der Waals surface area contributed by atoms with E-state index in [-0.39, 0.29) is 11.5 Å². The summed E-state index contributed by atoms with van der Waals surface area (Å²) in [5.74, 6) is 2.14. The van der Waals surface area contributed by atoms with Gasteiger partial charge in [0, 0.05) is 38.9 Å². The molecule has 31 heavy (non-hydrogen) atoms. The average Bonchev–Trinajstić information content (AvgIpc) is 3.20. The Morgan fingerprint density at radius 3 is 2.90 bits per heavy atom. The zero-order chi connectivity index (χ0) is 21.4. The Labute approximate surface area is 180 Å². The van der Waals surface area contributed by atoms with Crippen molar-refractivity contribution in [3.8, 4) is 0 Å². The van der Waals surface area contributed by atoms with E-state index in [0.717, 1.165) is 42.1 Å². The minimum Gasteiger partial charge on any atom is -0.342 e. The van der Waals surface area contributed by atoms with Gasteiger partial charge in [-0.2, -0.15) is 0 Å². The lowest BCUT2D eigenvalue weighted by Gasteiger charge is -2.33. The van der Waals surface area contributed by atoms with Gasteiger partial charge in [-0.1, -0.05) is 19.1 Å². The standard InChI is InChI=1S/C23H28N6O2/c1-15-5-4-11-29(13-15)23-26-17-10-12-28(14-16(17)22(31)27-23)21(30)9-8-20-24-18-6-2-3-7-19(18)25-20/h2-3,6-7,15H,4-5,8-14H2,1H3,(H,24,25)(H,26,27,31)/t15-/m1/s1. The van der Waals surface area contributed by atoms with Crippen LogP contribution in [-0.4, -0.2) is 50.4 Å². The first kappa shape index (κ1) is 19.8. The van der Waals surface area contributed by atoms with E-state index in [0.29, 0.717) is 49.8 Å². The first-order valence-corrected chi connectivity index (χ1v) is 11.2. The zero-order valence-corrected chi connectivity index (χ0v) is 17.9. The van der Waals surface area contributed by atoms with Gasteiger partial charge in [0.1, 0.15) is 5.82 Å². The molecule has 2 aromatic heterocycles. The van der Waals surface area contributed by atoms with E-state index in [2.05, 4.69) is 26.8 Å². The SMILES string of the molecule is C[C@@H]1CCCN(c2nc3c(c(=O)[nH]2)CN(C(=O)CCc2nc4ccccc4[nH]2)CC3)C1. The van der Waals surface area contributed by atoms with Crippen molar-refractivity contribution >= 4 is 22.9 Å². The lowest BCUT2D eigenvalue weighted by molar-refractivity contribution is -0.132. The first-order valence-electron chi connectivity index (χ1n) is 11.2. The number of carbonyl (C=O) groups excluding carboxylic acids is 1. The molecule has 0 saturated carbocycles. The number of para-hydroxylation sites is 2. The van der Waals surface area contributed by atoms with E-state index < -0.39 is 0 Å². The smallest absolute Gasteiger partial charge is 0.257 e. The molecule has 0 radical (unpaired) electrons. The molecule has 1 fully saturated rings. The maximum Gasteiger partial charge on any atom is 0.257 e. The van der Waals surface area contributed by atoms with Gasteiger partial charge in [0.2, 0.25) is 11.9 Å². The molecule has 1 aromatic carbocycles. The Kier molecular flexibility index (Phi) is 5.21. The van der Waals surface area contributed by atoms with E-state index >= 15 is 0 Å². The summed E-state index contributed by atoms with van der Waals surface area (Å²) >= 11 is 0. The van der Waals surface area contributed by atoms with Gasteiger partial charge in [-0.05, 0) is 30.9 Å². The predicted octanol–water partition coefficient (Wildman–Crippen LogP) is 2.40. The zero-order valence-electron chi connectivity index (χ0n) is 17.9. The Balaban J connectivity index is 1.25. The normalized spacial score (nSPS) is 18.9. The summed E-state index contributed by atoms with van der Waals surface area (Å²) in [4.78, 5) is 45.1. The van der Waals surface area contributed by atoms with E-state index in [1.807, 2.05) is 24.3 Å². The minimum absolute atomic E-state index is 0.0411. The van der Waals surface area contributed by atoms with Crippen LogP contribution in [0.25, 0.3) is 11.0 Å². The lowest BCUT2D eigenvalue weighted by Crippen LogP contribution is -2.41. The van der Waals surface area contributed by atoms with Gasteiger partial charge in [-0.3, -0.25) is 14.6 Å². The molecule has 162 valence electrons. The van der Waals surface area contributed by atoms with Gasteiger partial charge in [0.05, 0.1) is 28.8 Å². The molecule has 0 unspecified atom stereocenters. The summed E-state index contributed by atoms with van der Waals surface area (Å²) in [5.41, 5.74) is 3.23. The highest BCUT2D eigenvalue weighted by atomic mass is 16.2. The van der Waals surface area contributed by atoms with Crippen molar-refractivity contribution < 1.29 is 4.79 Å². The molecule has 1 amide bonds. The maximum absolute atomic E-state index is 12.8. The highest BCUT2D eigenvalue weighted by molar-refractivity contribution is 5.77. The molecule has 0 bridgehead atoms. The number of hydrogen-bond donors (Lipinski definition) is 2. The number of rotatable bonds is 4. The van der Waals surface area contributed by atoms with Crippen LogP contribution in [0.15, 0.2) is 29.1 Å². The van der Waals surface area contributed by atoms with Crippen molar-refractivity contribution in [2.45, 2.75) is 45.6 Å². The largest absolute Gasteiger partial charge is 0.342 e. The highest BCUT2D eigenvalue weighted by Gasteiger charge is 2.26. The van der Waals surface area contributed by atoms with Gasteiger partial charge in [0.15, 0.2) is 0 Å². The van der Waals surface area contributed by atoms with E-state index in [1.165, 1.54) is 6.42 Å². The fourth-order valence-electron chi connectivity index (χ4n) is 4.66. The summed E-state index contributed by atoms with van der Waals surface area (Å²) in [6.07, 6.45) is 3.88. The third kappa shape index (κ3) is 4.06. The molecule has 2 aliphatic rings. The molecule has 2 N–H and O–H groups in total. The van der Waals surface area contributed by atoms with Crippen LogP contribution >= 0.6 is 0 Å². The van der Waals surface area contributed by atoms with Crippen molar-refractivity contribution in [2.24, 2.45) is 5.92 Å². The van der Waals surface area contributed by atoms with Gasteiger partial charge in [-0.15, -0.1) is 0 Å². The van der Waals surface area contributed by atoms with Crippen molar-refractivity contribution in [1.82, 2.24) is 24.8 Å². The van der Waals surface area contributed by atoms with Gasteiger partial charge in [-0.25, -0.2) is 9.97 Å². The number of carbonyl (C=O) groups is 1. The van der Waals surface area contributed by atoms with Gasteiger partial charge < -0.3 is 14.8 Å². The van der Waals surface area contributed by atoms with Gasteiger partial charge >= 0.3 is 0 Å². The third-order valence-corrected chi connectivity index (χ3v) is 6.38. The molecule has 1 atom stereocenters. The maximum atomic E-state index is 12.8. The van der Waals surface area contributed by atoms with Crippen LogP contribution in [0.3, 0.4) is 0 Å². The van der Waals surface area contributed by atoms with Crippen LogP contribution in [0.1, 0.15) is 43.3 Å². The summed E-state index contributed by atoms with van der Waals surface area (Å²) in [5, 5.41) is 0. The highest BCUT2D eigenvalue weighted by Crippen LogP contribution is 2.22. The van der Waals surface area contributed by atoms with Crippen molar-refractivity contribution in [2.75, 3.05) is 24.5 Å². The number of aromatic nitrogens is 4. The molecule has 0 aliphatic carbocycles. The number of hydrogen-bond acceptors (Lipinski definition) is 5. The molecule has 0 spiro atoms. The number of nitrogens with one attached hydrogen (secondary N) is 2. The van der Waals surface area contributed by atoms with Crippen LogP contribution in [0.2, 0.25) is 0 Å². The molecule has 2 aliphatic heterocycles. The monoisotopic (exact) mass is 420 g/mol. The van der Waals surface area contributed by atoms with E-state index in [1.54, 1.807) is 4.90 Å². The molecule has 8 heteroatoms. The van der Waals surface area contributed by atoms with E-state index in [9.17, 15) is 9.59 Å². The summed E-state index contributed by atoms with van der Waals surface area (Å²) < 4.78 is 0. The van der Waals surface area contributed by atoms with Crippen LogP contribution in [0, 0.1) is 5.92 Å². The van der Waals surface area contributed by atoms with Crippen molar-refractivity contribution in [1.29, 1.82) is 0 Å². The molecular weight excluding hydrogens is 392 g/mol. The van der Waals surface area contributed by atoms with Gasteiger partial charge in [0.25, 0.3) is 5.56 Å². The first-order chi connectivity index (χ1) is 15.1. The van der Waals surface area contributed by atoms with Crippen LogP contribution < -0.4 is 10.5 Å². The van der Waals surface area contributed by atoms with Crippen molar-refractivity contribution in [3.05, 3.63) is 51.7 Å². The lowest BCUT2D eigenvalue weighted by atomic mass is 10.0. The Morgan fingerprint density at radius 2 is 2.06 bits per heavy atom. The number of piperidine rings is 1. The molecular formula is C23H28N6O2. The third-order valence-electron chi connectivity index (χ3n) is 6.38. The second kappa shape index (κ2) is 8.17. The molecule has 4 heterocycles. The number of fused-ring (bicyclic) bond motifs is 2. The molecule has 8 nitrogen and oxygen atoms in total. The number of imidazole rings is 1.